The van der Waals surface area contributed by atoms with Crippen LogP contribution in [0.3, 0.4) is 0 Å². The molecule has 3 rings (SSSR count). The van der Waals surface area contributed by atoms with Crippen LogP contribution in [0.1, 0.15) is 42.4 Å². The first-order valence-corrected chi connectivity index (χ1v) is 8.06. The number of benzene rings is 2. The standard InChI is InChI=1S/C20H18FNO2/c21-18-9-7-17(8-10-18)20(11-1-2-12-20)19(23)24-14-16-5-3-15(13-22)4-6-16/h3-10H,1-2,11-12,14H2. The van der Waals surface area contributed by atoms with Gasteiger partial charge in [-0.2, -0.15) is 5.26 Å². The predicted molar refractivity (Wildman–Crippen MR) is 87.5 cm³/mol. The molecular formula is C20H18FNO2. The molecule has 0 aromatic heterocycles. The van der Waals surface area contributed by atoms with Gasteiger partial charge in [-0.25, -0.2) is 4.39 Å². The third kappa shape index (κ3) is 3.16. The van der Waals surface area contributed by atoms with Crippen LogP contribution in [0.15, 0.2) is 48.5 Å². The second-order valence-electron chi connectivity index (χ2n) is 6.18. The first-order valence-electron chi connectivity index (χ1n) is 8.06. The van der Waals surface area contributed by atoms with Crippen molar-refractivity contribution < 1.29 is 13.9 Å². The third-order valence-corrected chi connectivity index (χ3v) is 4.70. The lowest BCUT2D eigenvalue weighted by Gasteiger charge is -2.27. The Morgan fingerprint density at radius 3 is 2.29 bits per heavy atom. The summed E-state index contributed by atoms with van der Waals surface area (Å²) in [5.74, 6) is -0.561. The van der Waals surface area contributed by atoms with E-state index in [1.807, 2.05) is 0 Å². The number of esters is 1. The molecule has 122 valence electrons. The van der Waals surface area contributed by atoms with E-state index in [4.69, 9.17) is 10.00 Å². The van der Waals surface area contributed by atoms with Crippen molar-refractivity contribution in [3.8, 4) is 6.07 Å². The molecule has 0 heterocycles. The number of nitrogens with zero attached hydrogens (tertiary/aromatic N) is 1. The Morgan fingerprint density at radius 1 is 1.08 bits per heavy atom. The number of rotatable bonds is 4. The van der Waals surface area contributed by atoms with E-state index < -0.39 is 5.41 Å². The lowest BCUT2D eigenvalue weighted by Crippen LogP contribution is -2.34. The maximum absolute atomic E-state index is 13.2. The van der Waals surface area contributed by atoms with Gasteiger partial charge >= 0.3 is 5.97 Å². The Kier molecular flexibility index (Phi) is 4.61. The quantitative estimate of drug-likeness (QED) is 0.790. The van der Waals surface area contributed by atoms with Gasteiger partial charge in [-0.15, -0.1) is 0 Å². The number of hydrogen-bond acceptors (Lipinski definition) is 3. The molecule has 0 amide bonds. The van der Waals surface area contributed by atoms with E-state index in [0.29, 0.717) is 5.56 Å². The largest absolute Gasteiger partial charge is 0.460 e. The van der Waals surface area contributed by atoms with Crippen molar-refractivity contribution in [2.75, 3.05) is 0 Å². The van der Waals surface area contributed by atoms with Crippen molar-refractivity contribution >= 4 is 5.97 Å². The molecule has 0 N–H and O–H groups in total. The lowest BCUT2D eigenvalue weighted by atomic mass is 9.79. The molecule has 0 bridgehead atoms. The first-order chi connectivity index (χ1) is 11.6. The number of hydrogen-bond donors (Lipinski definition) is 0. The Balaban J connectivity index is 1.75. The molecule has 0 unspecified atom stereocenters. The van der Waals surface area contributed by atoms with Gasteiger partial charge in [-0.1, -0.05) is 37.1 Å². The Morgan fingerprint density at radius 2 is 1.71 bits per heavy atom. The lowest BCUT2D eigenvalue weighted by molar-refractivity contribution is -0.152. The molecule has 1 fully saturated rings. The summed E-state index contributed by atoms with van der Waals surface area (Å²) >= 11 is 0. The van der Waals surface area contributed by atoms with Crippen molar-refractivity contribution in [1.82, 2.24) is 0 Å². The van der Waals surface area contributed by atoms with Crippen LogP contribution in [0.5, 0.6) is 0 Å². The minimum atomic E-state index is -0.666. The van der Waals surface area contributed by atoms with Gasteiger partial charge in [0.25, 0.3) is 0 Å². The van der Waals surface area contributed by atoms with Gasteiger partial charge in [-0.3, -0.25) is 4.79 Å². The fourth-order valence-corrected chi connectivity index (χ4v) is 3.32. The van der Waals surface area contributed by atoms with Crippen LogP contribution in [-0.2, 0) is 21.6 Å². The fourth-order valence-electron chi connectivity index (χ4n) is 3.32. The van der Waals surface area contributed by atoms with E-state index in [1.165, 1.54) is 12.1 Å². The zero-order chi connectivity index (χ0) is 17.0. The minimum absolute atomic E-state index is 0.174. The van der Waals surface area contributed by atoms with Gasteiger partial charge in [0.15, 0.2) is 0 Å². The van der Waals surface area contributed by atoms with Crippen molar-refractivity contribution in [3.05, 3.63) is 71.0 Å². The second kappa shape index (κ2) is 6.84. The Hall–Kier alpha value is -2.67. The van der Waals surface area contributed by atoms with Gasteiger partial charge < -0.3 is 4.74 Å². The fraction of sp³-hybridized carbons (Fsp3) is 0.300. The number of ether oxygens (including phenoxy) is 1. The van der Waals surface area contributed by atoms with Crippen LogP contribution < -0.4 is 0 Å². The van der Waals surface area contributed by atoms with Crippen molar-refractivity contribution in [3.63, 3.8) is 0 Å². The van der Waals surface area contributed by atoms with Gasteiger partial charge in [0.2, 0.25) is 0 Å². The highest BCUT2D eigenvalue weighted by Crippen LogP contribution is 2.42. The van der Waals surface area contributed by atoms with E-state index >= 15 is 0 Å². The molecule has 4 heteroatoms. The summed E-state index contributed by atoms with van der Waals surface area (Å²) in [6.07, 6.45) is 3.38. The minimum Gasteiger partial charge on any atom is -0.460 e. The zero-order valence-corrected chi connectivity index (χ0v) is 13.3. The first kappa shape index (κ1) is 16.2. The van der Waals surface area contributed by atoms with Crippen LogP contribution in [0.4, 0.5) is 4.39 Å². The van der Waals surface area contributed by atoms with Gasteiger partial charge in [0, 0.05) is 0 Å². The maximum Gasteiger partial charge on any atom is 0.316 e. The maximum atomic E-state index is 13.2. The van der Waals surface area contributed by atoms with E-state index in [-0.39, 0.29) is 18.4 Å². The molecule has 2 aromatic carbocycles. The van der Waals surface area contributed by atoms with E-state index in [1.54, 1.807) is 36.4 Å². The molecule has 0 saturated heterocycles. The van der Waals surface area contributed by atoms with E-state index in [2.05, 4.69) is 6.07 Å². The highest BCUT2D eigenvalue weighted by atomic mass is 19.1. The van der Waals surface area contributed by atoms with E-state index in [0.717, 1.165) is 36.8 Å². The van der Waals surface area contributed by atoms with Gasteiger partial charge in [-0.05, 0) is 48.2 Å². The van der Waals surface area contributed by atoms with Crippen molar-refractivity contribution in [2.24, 2.45) is 0 Å². The van der Waals surface area contributed by atoms with Crippen molar-refractivity contribution in [2.45, 2.75) is 37.7 Å². The molecule has 3 nitrogen and oxygen atoms in total. The molecule has 0 atom stereocenters. The summed E-state index contributed by atoms with van der Waals surface area (Å²) < 4.78 is 18.7. The molecule has 0 radical (unpaired) electrons. The average molecular weight is 323 g/mol. The van der Waals surface area contributed by atoms with Crippen molar-refractivity contribution in [1.29, 1.82) is 5.26 Å². The number of carbonyl (C=O) groups is 1. The predicted octanol–water partition coefficient (Wildman–Crippen LogP) is 4.25. The van der Waals surface area contributed by atoms with Crippen LogP contribution in [-0.4, -0.2) is 5.97 Å². The second-order valence-corrected chi connectivity index (χ2v) is 6.18. The summed E-state index contributed by atoms with van der Waals surface area (Å²) in [5, 5.41) is 8.81. The number of nitriles is 1. The topological polar surface area (TPSA) is 50.1 Å². The summed E-state index contributed by atoms with van der Waals surface area (Å²) in [6.45, 7) is 0.174. The number of carbonyl (C=O) groups excluding carboxylic acids is 1. The van der Waals surface area contributed by atoms with Crippen LogP contribution in [0.25, 0.3) is 0 Å². The van der Waals surface area contributed by atoms with Crippen LogP contribution in [0.2, 0.25) is 0 Å². The summed E-state index contributed by atoms with van der Waals surface area (Å²) in [7, 11) is 0. The molecule has 24 heavy (non-hydrogen) atoms. The summed E-state index contributed by atoms with van der Waals surface area (Å²) in [5.41, 5.74) is 1.57. The van der Waals surface area contributed by atoms with Crippen LogP contribution >= 0.6 is 0 Å². The Labute approximate surface area is 140 Å². The molecule has 1 aliphatic carbocycles. The smallest absolute Gasteiger partial charge is 0.316 e. The van der Waals surface area contributed by atoms with E-state index in [9.17, 15) is 9.18 Å². The monoisotopic (exact) mass is 323 g/mol. The number of halogens is 1. The molecule has 0 spiro atoms. The molecule has 1 aliphatic rings. The van der Waals surface area contributed by atoms with Crippen LogP contribution in [0, 0.1) is 17.1 Å². The Bertz CT molecular complexity index is 754. The van der Waals surface area contributed by atoms with Gasteiger partial charge in [0.1, 0.15) is 12.4 Å². The normalized spacial score (nSPS) is 15.7. The highest BCUT2D eigenvalue weighted by Gasteiger charge is 2.44. The average Bonchev–Trinajstić information content (AvgIpc) is 3.12. The molecule has 0 aliphatic heterocycles. The summed E-state index contributed by atoms with van der Waals surface area (Å²) in [6, 6.07) is 15.2. The third-order valence-electron chi connectivity index (χ3n) is 4.70. The molecule has 1 saturated carbocycles. The highest BCUT2D eigenvalue weighted by molar-refractivity contribution is 5.83. The van der Waals surface area contributed by atoms with Gasteiger partial charge in [0.05, 0.1) is 17.0 Å². The molecular weight excluding hydrogens is 305 g/mol. The SMILES string of the molecule is N#Cc1ccc(COC(=O)C2(c3ccc(F)cc3)CCCC2)cc1. The summed E-state index contributed by atoms with van der Waals surface area (Å²) in [4.78, 5) is 12.8. The molecule has 2 aromatic rings. The zero-order valence-electron chi connectivity index (χ0n) is 13.3.